The fourth-order valence-corrected chi connectivity index (χ4v) is 1.86. The summed E-state index contributed by atoms with van der Waals surface area (Å²) in [5, 5.41) is 3.99. The lowest BCUT2D eigenvalue weighted by Crippen LogP contribution is -2.09. The maximum Gasteiger partial charge on any atom is 0.243 e. The SMILES string of the molecule is CCCC(N)c1nc(-c2ccccc2OCC)no1. The fourth-order valence-electron chi connectivity index (χ4n) is 1.86. The van der Waals surface area contributed by atoms with Gasteiger partial charge in [-0.15, -0.1) is 0 Å². The number of nitrogens with zero attached hydrogens (tertiary/aromatic N) is 2. The second kappa shape index (κ2) is 6.33. The van der Waals surface area contributed by atoms with Crippen LogP contribution in [0.15, 0.2) is 28.8 Å². The van der Waals surface area contributed by atoms with Crippen molar-refractivity contribution in [1.82, 2.24) is 10.1 Å². The second-order valence-electron chi connectivity index (χ2n) is 4.28. The summed E-state index contributed by atoms with van der Waals surface area (Å²) < 4.78 is 10.8. The number of nitrogens with two attached hydrogens (primary N) is 1. The second-order valence-corrected chi connectivity index (χ2v) is 4.28. The van der Waals surface area contributed by atoms with Gasteiger partial charge in [0.2, 0.25) is 11.7 Å². The molecule has 1 aromatic heterocycles. The molecule has 0 fully saturated rings. The first-order valence-electron chi connectivity index (χ1n) is 6.57. The van der Waals surface area contributed by atoms with E-state index in [1.54, 1.807) is 0 Å². The molecule has 1 heterocycles. The minimum absolute atomic E-state index is 0.203. The highest BCUT2D eigenvalue weighted by atomic mass is 16.5. The zero-order valence-corrected chi connectivity index (χ0v) is 11.3. The summed E-state index contributed by atoms with van der Waals surface area (Å²) in [5.74, 6) is 1.75. The van der Waals surface area contributed by atoms with Crippen molar-refractivity contribution in [2.45, 2.75) is 32.7 Å². The number of hydrogen-bond acceptors (Lipinski definition) is 5. The van der Waals surface area contributed by atoms with Gasteiger partial charge in [0.1, 0.15) is 5.75 Å². The molecule has 1 aromatic carbocycles. The maximum absolute atomic E-state index is 5.97. The standard InChI is InChI=1S/C14H19N3O2/c1-3-7-11(15)14-16-13(17-19-14)10-8-5-6-9-12(10)18-4-2/h5-6,8-9,11H,3-4,7,15H2,1-2H3. The van der Waals surface area contributed by atoms with Crippen LogP contribution in [0.2, 0.25) is 0 Å². The van der Waals surface area contributed by atoms with Crippen molar-refractivity contribution >= 4 is 0 Å². The minimum Gasteiger partial charge on any atom is -0.493 e. The van der Waals surface area contributed by atoms with E-state index in [1.807, 2.05) is 31.2 Å². The van der Waals surface area contributed by atoms with E-state index in [-0.39, 0.29) is 6.04 Å². The van der Waals surface area contributed by atoms with Gasteiger partial charge in [-0.2, -0.15) is 4.98 Å². The van der Waals surface area contributed by atoms with Crippen molar-refractivity contribution in [2.75, 3.05) is 6.61 Å². The Bertz CT molecular complexity index is 525. The Morgan fingerprint density at radius 2 is 2.11 bits per heavy atom. The largest absolute Gasteiger partial charge is 0.493 e. The van der Waals surface area contributed by atoms with Gasteiger partial charge in [-0.1, -0.05) is 30.6 Å². The van der Waals surface area contributed by atoms with Crippen LogP contribution in [0.25, 0.3) is 11.4 Å². The van der Waals surface area contributed by atoms with Crippen molar-refractivity contribution < 1.29 is 9.26 Å². The average Bonchev–Trinajstić information content (AvgIpc) is 2.90. The highest BCUT2D eigenvalue weighted by Gasteiger charge is 2.17. The third-order valence-corrected chi connectivity index (χ3v) is 2.79. The van der Waals surface area contributed by atoms with E-state index in [4.69, 9.17) is 15.0 Å². The molecule has 0 aliphatic carbocycles. The molecule has 1 unspecified atom stereocenters. The normalized spacial score (nSPS) is 12.4. The Morgan fingerprint density at radius 3 is 2.84 bits per heavy atom. The van der Waals surface area contributed by atoms with E-state index in [2.05, 4.69) is 17.1 Å². The molecule has 2 rings (SSSR count). The van der Waals surface area contributed by atoms with Gasteiger partial charge in [0.15, 0.2) is 0 Å². The van der Waals surface area contributed by atoms with Gasteiger partial charge >= 0.3 is 0 Å². The Morgan fingerprint density at radius 1 is 1.32 bits per heavy atom. The molecule has 102 valence electrons. The average molecular weight is 261 g/mol. The first-order valence-corrected chi connectivity index (χ1v) is 6.57. The first-order chi connectivity index (χ1) is 9.26. The number of hydrogen-bond donors (Lipinski definition) is 1. The molecule has 0 bridgehead atoms. The lowest BCUT2D eigenvalue weighted by Gasteiger charge is -2.06. The third-order valence-electron chi connectivity index (χ3n) is 2.79. The molecule has 5 nitrogen and oxygen atoms in total. The molecule has 1 atom stereocenters. The zero-order valence-electron chi connectivity index (χ0n) is 11.3. The van der Waals surface area contributed by atoms with Crippen LogP contribution in [0, 0.1) is 0 Å². The Kier molecular flexibility index (Phi) is 4.52. The number of ether oxygens (including phenoxy) is 1. The van der Waals surface area contributed by atoms with Crippen molar-refractivity contribution in [3.8, 4) is 17.1 Å². The molecule has 0 saturated heterocycles. The molecule has 2 aromatic rings. The van der Waals surface area contributed by atoms with Crippen LogP contribution in [0.1, 0.15) is 38.6 Å². The van der Waals surface area contributed by atoms with Crippen LogP contribution in [-0.4, -0.2) is 16.7 Å². The van der Waals surface area contributed by atoms with Crippen LogP contribution < -0.4 is 10.5 Å². The summed E-state index contributed by atoms with van der Waals surface area (Å²) in [7, 11) is 0. The molecular weight excluding hydrogens is 242 g/mol. The summed E-state index contributed by atoms with van der Waals surface area (Å²) in [6.45, 7) is 4.61. The molecule has 2 N–H and O–H groups in total. The smallest absolute Gasteiger partial charge is 0.243 e. The van der Waals surface area contributed by atoms with E-state index >= 15 is 0 Å². The van der Waals surface area contributed by atoms with E-state index in [9.17, 15) is 0 Å². The minimum atomic E-state index is -0.203. The van der Waals surface area contributed by atoms with Crippen LogP contribution in [0.5, 0.6) is 5.75 Å². The number of benzene rings is 1. The number of aromatic nitrogens is 2. The predicted octanol–water partition coefficient (Wildman–Crippen LogP) is 2.94. The lowest BCUT2D eigenvalue weighted by molar-refractivity contribution is 0.339. The molecule has 0 spiro atoms. The van der Waals surface area contributed by atoms with Crippen molar-refractivity contribution in [3.05, 3.63) is 30.2 Å². The summed E-state index contributed by atoms with van der Waals surface area (Å²) in [5.41, 5.74) is 6.79. The van der Waals surface area contributed by atoms with Gasteiger partial charge in [0, 0.05) is 0 Å². The van der Waals surface area contributed by atoms with Crippen LogP contribution in [0.4, 0.5) is 0 Å². The van der Waals surface area contributed by atoms with Gasteiger partial charge in [-0.05, 0) is 25.5 Å². The maximum atomic E-state index is 5.97. The van der Waals surface area contributed by atoms with Crippen LogP contribution >= 0.6 is 0 Å². The fraction of sp³-hybridized carbons (Fsp3) is 0.429. The van der Waals surface area contributed by atoms with Crippen LogP contribution in [0.3, 0.4) is 0 Å². The van der Waals surface area contributed by atoms with Crippen molar-refractivity contribution in [3.63, 3.8) is 0 Å². The van der Waals surface area contributed by atoms with Crippen molar-refractivity contribution in [2.24, 2.45) is 5.73 Å². The quantitative estimate of drug-likeness (QED) is 0.865. The summed E-state index contributed by atoms with van der Waals surface area (Å²) >= 11 is 0. The van der Waals surface area contributed by atoms with Gasteiger partial charge in [-0.25, -0.2) is 0 Å². The summed E-state index contributed by atoms with van der Waals surface area (Å²) in [6.07, 6.45) is 1.81. The van der Waals surface area contributed by atoms with Crippen molar-refractivity contribution in [1.29, 1.82) is 0 Å². The molecule has 0 amide bonds. The Balaban J connectivity index is 2.27. The summed E-state index contributed by atoms with van der Waals surface area (Å²) in [4.78, 5) is 4.36. The Hall–Kier alpha value is -1.88. The molecular formula is C14H19N3O2. The monoisotopic (exact) mass is 261 g/mol. The Labute approximate surface area is 112 Å². The van der Waals surface area contributed by atoms with E-state index < -0.39 is 0 Å². The van der Waals surface area contributed by atoms with E-state index in [1.165, 1.54) is 0 Å². The third kappa shape index (κ3) is 3.12. The molecule has 0 radical (unpaired) electrons. The first kappa shape index (κ1) is 13.5. The van der Waals surface area contributed by atoms with Gasteiger partial charge < -0.3 is 15.0 Å². The van der Waals surface area contributed by atoms with Gasteiger partial charge in [0.05, 0.1) is 18.2 Å². The molecule has 5 heteroatoms. The zero-order chi connectivity index (χ0) is 13.7. The molecule has 0 aliphatic rings. The van der Waals surface area contributed by atoms with Crippen LogP contribution in [-0.2, 0) is 0 Å². The van der Waals surface area contributed by atoms with Gasteiger partial charge in [-0.3, -0.25) is 0 Å². The molecule has 0 saturated carbocycles. The van der Waals surface area contributed by atoms with E-state index in [0.29, 0.717) is 18.3 Å². The molecule has 0 aliphatic heterocycles. The highest BCUT2D eigenvalue weighted by Crippen LogP contribution is 2.28. The summed E-state index contributed by atoms with van der Waals surface area (Å²) in [6, 6.07) is 7.43. The number of para-hydroxylation sites is 1. The predicted molar refractivity (Wildman–Crippen MR) is 72.7 cm³/mol. The lowest BCUT2D eigenvalue weighted by atomic mass is 10.1. The number of rotatable bonds is 6. The van der Waals surface area contributed by atoms with Gasteiger partial charge in [0.25, 0.3) is 0 Å². The topological polar surface area (TPSA) is 74.2 Å². The highest BCUT2D eigenvalue weighted by molar-refractivity contribution is 5.63. The van der Waals surface area contributed by atoms with E-state index in [0.717, 1.165) is 24.2 Å². The molecule has 19 heavy (non-hydrogen) atoms.